The van der Waals surface area contributed by atoms with E-state index in [-0.39, 0.29) is 4.90 Å². The van der Waals surface area contributed by atoms with Gasteiger partial charge in [-0.15, -0.1) is 0 Å². The van der Waals surface area contributed by atoms with Crippen molar-refractivity contribution >= 4 is 27.1 Å². The number of nitrogens with one attached hydrogen (secondary N) is 1. The Morgan fingerprint density at radius 2 is 2.00 bits per heavy atom. The van der Waals surface area contributed by atoms with Gasteiger partial charge in [0.2, 0.25) is 0 Å². The van der Waals surface area contributed by atoms with Crippen LogP contribution in [0.5, 0.6) is 0 Å². The predicted octanol–water partition coefficient (Wildman–Crippen LogP) is 3.48. The third-order valence-electron chi connectivity index (χ3n) is 4.29. The van der Waals surface area contributed by atoms with E-state index >= 15 is 0 Å². The molecule has 0 saturated carbocycles. The molecule has 0 unspecified atom stereocenters. The molecule has 1 aromatic heterocycles. The van der Waals surface area contributed by atoms with E-state index in [2.05, 4.69) is 16.0 Å². The maximum absolute atomic E-state index is 12.5. The third kappa shape index (κ3) is 4.01. The normalized spacial score (nSPS) is 11.7. The Labute approximate surface area is 158 Å². The van der Waals surface area contributed by atoms with Crippen molar-refractivity contribution in [1.29, 1.82) is 5.26 Å². The van der Waals surface area contributed by atoms with Crippen LogP contribution in [-0.4, -0.2) is 19.2 Å². The zero-order chi connectivity index (χ0) is 19.4. The van der Waals surface area contributed by atoms with Gasteiger partial charge >= 0.3 is 0 Å². The molecule has 0 saturated heterocycles. The summed E-state index contributed by atoms with van der Waals surface area (Å²) in [5.41, 5.74) is 3.29. The topological polar surface area (TPSA) is 87.2 Å². The fourth-order valence-corrected chi connectivity index (χ4v) is 4.07. The lowest BCUT2D eigenvalue weighted by Gasteiger charge is -2.07. The molecule has 0 fully saturated rings. The first-order chi connectivity index (χ1) is 12.9. The highest BCUT2D eigenvalue weighted by Gasteiger charge is 2.16. The average Bonchev–Trinajstić information content (AvgIpc) is 3.00. The summed E-state index contributed by atoms with van der Waals surface area (Å²) in [6.45, 7) is 4.16. The monoisotopic (exact) mass is 380 g/mol. The number of sulfonamides is 1. The van der Waals surface area contributed by atoms with E-state index in [1.165, 1.54) is 6.21 Å². The van der Waals surface area contributed by atoms with E-state index in [0.29, 0.717) is 18.5 Å². The zero-order valence-corrected chi connectivity index (χ0v) is 16.0. The standard InChI is InChI=1S/C20H20N4O2S/c1-15-8-9-16(2)20(12-15)27(25,26)23-22-13-17-14-24(11-5-10-21)19-7-4-3-6-18(17)19/h3-4,6-9,12-14,23H,5,11H2,1-2H3/b22-13-. The van der Waals surface area contributed by atoms with Gasteiger partial charge in [-0.1, -0.05) is 30.3 Å². The van der Waals surface area contributed by atoms with Gasteiger partial charge in [0.15, 0.2) is 0 Å². The van der Waals surface area contributed by atoms with Crippen LogP contribution in [0.25, 0.3) is 10.9 Å². The second-order valence-corrected chi connectivity index (χ2v) is 7.95. The zero-order valence-electron chi connectivity index (χ0n) is 15.2. The van der Waals surface area contributed by atoms with E-state index in [4.69, 9.17) is 5.26 Å². The largest absolute Gasteiger partial charge is 0.346 e. The predicted molar refractivity (Wildman–Crippen MR) is 106 cm³/mol. The number of rotatable bonds is 6. The second-order valence-electron chi connectivity index (χ2n) is 6.32. The SMILES string of the molecule is Cc1ccc(C)c(S(=O)(=O)N/N=C\c2cn(CCC#N)c3ccccc23)c1. The molecule has 0 aliphatic carbocycles. The van der Waals surface area contributed by atoms with Gasteiger partial charge in [-0.2, -0.15) is 18.8 Å². The first-order valence-corrected chi connectivity index (χ1v) is 9.97. The van der Waals surface area contributed by atoms with Gasteiger partial charge in [-0.3, -0.25) is 0 Å². The van der Waals surface area contributed by atoms with E-state index in [0.717, 1.165) is 22.0 Å². The number of benzene rings is 2. The molecule has 3 aromatic rings. The van der Waals surface area contributed by atoms with E-state index < -0.39 is 10.0 Å². The molecule has 6 nitrogen and oxygen atoms in total. The summed E-state index contributed by atoms with van der Waals surface area (Å²) < 4.78 is 27.1. The van der Waals surface area contributed by atoms with Crippen molar-refractivity contribution in [2.75, 3.05) is 0 Å². The van der Waals surface area contributed by atoms with Crippen LogP contribution in [0.4, 0.5) is 0 Å². The lowest BCUT2D eigenvalue weighted by molar-refractivity contribution is 0.584. The number of nitrogens with zero attached hydrogens (tertiary/aromatic N) is 3. The molecule has 3 rings (SSSR count). The van der Waals surface area contributed by atoms with Gasteiger partial charge in [-0.05, 0) is 37.1 Å². The van der Waals surface area contributed by atoms with Gasteiger partial charge in [0, 0.05) is 29.2 Å². The molecule has 0 aliphatic heterocycles. The smallest absolute Gasteiger partial charge is 0.276 e. The Morgan fingerprint density at radius 1 is 1.22 bits per heavy atom. The maximum atomic E-state index is 12.5. The highest BCUT2D eigenvalue weighted by Crippen LogP contribution is 2.21. The number of para-hydroxylation sites is 1. The molecule has 138 valence electrons. The molecule has 1 N–H and O–H groups in total. The van der Waals surface area contributed by atoms with Crippen molar-refractivity contribution in [2.24, 2.45) is 5.10 Å². The first kappa shape index (κ1) is 18.7. The number of hydrogen-bond acceptors (Lipinski definition) is 4. The van der Waals surface area contributed by atoms with E-state index in [1.54, 1.807) is 19.1 Å². The van der Waals surface area contributed by atoms with Crippen molar-refractivity contribution in [3.05, 3.63) is 65.4 Å². The quantitative estimate of drug-likeness (QED) is 0.524. The number of hydrogen-bond donors (Lipinski definition) is 1. The summed E-state index contributed by atoms with van der Waals surface area (Å²) in [4.78, 5) is 2.51. The number of aromatic nitrogens is 1. The second kappa shape index (κ2) is 7.64. The van der Waals surface area contributed by atoms with Crippen molar-refractivity contribution in [3.63, 3.8) is 0 Å². The molecule has 0 spiro atoms. The number of nitriles is 1. The highest BCUT2D eigenvalue weighted by molar-refractivity contribution is 7.89. The fraction of sp³-hybridized carbons (Fsp3) is 0.200. The van der Waals surface area contributed by atoms with Crippen LogP contribution in [0.1, 0.15) is 23.1 Å². The molecule has 0 atom stereocenters. The Morgan fingerprint density at radius 3 is 2.78 bits per heavy atom. The molecule has 27 heavy (non-hydrogen) atoms. The molecule has 0 radical (unpaired) electrons. The first-order valence-electron chi connectivity index (χ1n) is 8.49. The van der Waals surface area contributed by atoms with Crippen molar-refractivity contribution in [2.45, 2.75) is 31.7 Å². The minimum absolute atomic E-state index is 0.219. The lowest BCUT2D eigenvalue weighted by atomic mass is 10.2. The Hall–Kier alpha value is -3.11. The number of fused-ring (bicyclic) bond motifs is 1. The van der Waals surface area contributed by atoms with Crippen LogP contribution in [0.2, 0.25) is 0 Å². The van der Waals surface area contributed by atoms with Gasteiger partial charge < -0.3 is 4.57 Å². The van der Waals surface area contributed by atoms with E-state index in [9.17, 15) is 8.42 Å². The number of aryl methyl sites for hydroxylation is 3. The Balaban J connectivity index is 1.88. The summed E-state index contributed by atoms with van der Waals surface area (Å²) >= 11 is 0. The lowest BCUT2D eigenvalue weighted by Crippen LogP contribution is -2.19. The van der Waals surface area contributed by atoms with Crippen molar-refractivity contribution < 1.29 is 8.42 Å². The molecular weight excluding hydrogens is 360 g/mol. The molecule has 1 heterocycles. The number of hydrazone groups is 1. The minimum atomic E-state index is -3.74. The maximum Gasteiger partial charge on any atom is 0.276 e. The van der Waals surface area contributed by atoms with Crippen LogP contribution in [0.3, 0.4) is 0 Å². The fourth-order valence-electron chi connectivity index (χ4n) is 2.94. The van der Waals surface area contributed by atoms with Crippen LogP contribution in [0, 0.1) is 25.2 Å². The summed E-state index contributed by atoms with van der Waals surface area (Å²) in [6, 6.07) is 15.1. The van der Waals surface area contributed by atoms with Crippen LogP contribution in [-0.2, 0) is 16.6 Å². The van der Waals surface area contributed by atoms with Gasteiger partial charge in [0.05, 0.1) is 23.6 Å². The molecule has 2 aromatic carbocycles. The molecule has 0 aliphatic rings. The molecule has 7 heteroatoms. The van der Waals surface area contributed by atoms with Crippen LogP contribution < -0.4 is 4.83 Å². The molecule has 0 bridgehead atoms. The van der Waals surface area contributed by atoms with Gasteiger partial charge in [-0.25, -0.2) is 4.83 Å². The summed E-state index contributed by atoms with van der Waals surface area (Å²) in [5, 5.41) is 13.7. The van der Waals surface area contributed by atoms with Gasteiger partial charge in [0.25, 0.3) is 10.0 Å². The minimum Gasteiger partial charge on any atom is -0.346 e. The Bertz CT molecular complexity index is 1150. The summed E-state index contributed by atoms with van der Waals surface area (Å²) in [6.07, 6.45) is 3.76. The molecular formula is C20H20N4O2S. The average molecular weight is 380 g/mol. The highest BCUT2D eigenvalue weighted by atomic mass is 32.2. The molecule has 0 amide bonds. The summed E-state index contributed by atoms with van der Waals surface area (Å²) in [7, 11) is -3.74. The third-order valence-corrected chi connectivity index (χ3v) is 5.66. The van der Waals surface area contributed by atoms with Gasteiger partial charge in [0.1, 0.15) is 0 Å². The van der Waals surface area contributed by atoms with Crippen LogP contribution >= 0.6 is 0 Å². The van der Waals surface area contributed by atoms with Crippen molar-refractivity contribution in [1.82, 2.24) is 9.40 Å². The van der Waals surface area contributed by atoms with Crippen molar-refractivity contribution in [3.8, 4) is 6.07 Å². The van der Waals surface area contributed by atoms with Crippen LogP contribution in [0.15, 0.2) is 58.7 Å². The van der Waals surface area contributed by atoms with E-state index in [1.807, 2.05) is 48.0 Å². The Kier molecular flexibility index (Phi) is 5.28. The summed E-state index contributed by atoms with van der Waals surface area (Å²) in [5.74, 6) is 0.